The summed E-state index contributed by atoms with van der Waals surface area (Å²) in [6, 6.07) is -2.11. The average molecular weight is 471 g/mol. The molecule has 10 heteroatoms. The SMILES string of the molecule is CSCC[C@H](NC(=O)[C@@H](CC(C)C)N1C[C@H]2CCN(C(=O)OC(C)(C)C)[C@H]2C1=O)C(N)=O. The predicted octanol–water partition coefficient (Wildman–Crippen LogP) is 1.59. The third-order valence-electron chi connectivity index (χ3n) is 5.76. The molecule has 0 unspecified atom stereocenters. The van der Waals surface area contributed by atoms with Crippen molar-refractivity contribution < 1.29 is 23.9 Å². The molecule has 2 heterocycles. The van der Waals surface area contributed by atoms with Crippen molar-refractivity contribution in [1.29, 1.82) is 0 Å². The summed E-state index contributed by atoms with van der Waals surface area (Å²) in [7, 11) is 0. The van der Waals surface area contributed by atoms with E-state index in [0.717, 1.165) is 0 Å². The number of thioether (sulfide) groups is 1. The first-order valence-corrected chi connectivity index (χ1v) is 12.6. The van der Waals surface area contributed by atoms with Gasteiger partial charge in [-0.2, -0.15) is 11.8 Å². The highest BCUT2D eigenvalue weighted by Gasteiger charge is 2.52. The van der Waals surface area contributed by atoms with Crippen LogP contribution in [0.2, 0.25) is 0 Å². The first-order valence-electron chi connectivity index (χ1n) is 11.2. The molecular formula is C22H38N4O5S. The molecule has 32 heavy (non-hydrogen) atoms. The smallest absolute Gasteiger partial charge is 0.410 e. The molecule has 2 aliphatic heterocycles. The zero-order chi connectivity index (χ0) is 24.2. The van der Waals surface area contributed by atoms with Crippen LogP contribution in [0.25, 0.3) is 0 Å². The number of hydrogen-bond acceptors (Lipinski definition) is 6. The highest BCUT2D eigenvalue weighted by Crippen LogP contribution is 2.35. The third-order valence-corrected chi connectivity index (χ3v) is 6.41. The van der Waals surface area contributed by atoms with Crippen LogP contribution in [0.4, 0.5) is 4.79 Å². The summed E-state index contributed by atoms with van der Waals surface area (Å²) < 4.78 is 5.49. The summed E-state index contributed by atoms with van der Waals surface area (Å²) in [5, 5.41) is 2.76. The fourth-order valence-electron chi connectivity index (χ4n) is 4.31. The van der Waals surface area contributed by atoms with E-state index in [-0.39, 0.29) is 23.7 Å². The van der Waals surface area contributed by atoms with E-state index in [1.807, 2.05) is 20.1 Å². The van der Waals surface area contributed by atoms with Crippen molar-refractivity contribution in [1.82, 2.24) is 15.1 Å². The molecule has 4 atom stereocenters. The van der Waals surface area contributed by atoms with Crippen LogP contribution in [-0.4, -0.2) is 82.4 Å². The molecule has 2 rings (SSSR count). The molecular weight excluding hydrogens is 432 g/mol. The largest absolute Gasteiger partial charge is 0.444 e. The van der Waals surface area contributed by atoms with Crippen LogP contribution in [0.1, 0.15) is 53.9 Å². The number of amides is 4. The lowest BCUT2D eigenvalue weighted by molar-refractivity contribution is -0.141. The van der Waals surface area contributed by atoms with Crippen LogP contribution in [0, 0.1) is 11.8 Å². The van der Waals surface area contributed by atoms with Crippen LogP contribution >= 0.6 is 11.8 Å². The van der Waals surface area contributed by atoms with Gasteiger partial charge >= 0.3 is 6.09 Å². The number of hydrogen-bond donors (Lipinski definition) is 2. The van der Waals surface area contributed by atoms with E-state index < -0.39 is 35.7 Å². The number of nitrogens with two attached hydrogens (primary N) is 1. The molecule has 4 amide bonds. The fraction of sp³-hybridized carbons (Fsp3) is 0.818. The number of carbonyl (C=O) groups excluding carboxylic acids is 4. The molecule has 2 saturated heterocycles. The van der Waals surface area contributed by atoms with Crippen LogP contribution in [0.15, 0.2) is 0 Å². The number of ether oxygens (including phenoxy) is 1. The van der Waals surface area contributed by atoms with Crippen molar-refractivity contribution >= 4 is 35.6 Å². The Morgan fingerprint density at radius 3 is 2.47 bits per heavy atom. The molecule has 0 radical (unpaired) electrons. The highest BCUT2D eigenvalue weighted by atomic mass is 32.2. The number of fused-ring (bicyclic) bond motifs is 1. The Morgan fingerprint density at radius 1 is 1.28 bits per heavy atom. The minimum Gasteiger partial charge on any atom is -0.444 e. The second-order valence-electron chi connectivity index (χ2n) is 10.0. The molecule has 0 saturated carbocycles. The van der Waals surface area contributed by atoms with Gasteiger partial charge in [0.2, 0.25) is 17.7 Å². The molecule has 0 aromatic carbocycles. The zero-order valence-corrected chi connectivity index (χ0v) is 20.9. The fourth-order valence-corrected chi connectivity index (χ4v) is 4.78. The van der Waals surface area contributed by atoms with Gasteiger partial charge in [-0.25, -0.2) is 4.79 Å². The van der Waals surface area contributed by atoms with Crippen LogP contribution in [0.5, 0.6) is 0 Å². The summed E-state index contributed by atoms with van der Waals surface area (Å²) in [6.07, 6.45) is 2.98. The van der Waals surface area contributed by atoms with Crippen LogP contribution < -0.4 is 11.1 Å². The minimum absolute atomic E-state index is 0.0408. The Labute approximate surface area is 195 Å². The van der Waals surface area contributed by atoms with Gasteiger partial charge < -0.3 is 20.7 Å². The standard InChI is InChI=1S/C22H38N4O5S/c1-13(2)11-16(19(28)24-15(18(23)27)8-10-32-6)26-12-14-7-9-25(17(14)20(26)29)21(30)31-22(3,4)5/h13-17H,7-12H2,1-6H3,(H2,23,27)(H,24,28)/t14-,15+,16-,17-/m1/s1. The topological polar surface area (TPSA) is 122 Å². The van der Waals surface area contributed by atoms with E-state index in [2.05, 4.69) is 5.32 Å². The summed E-state index contributed by atoms with van der Waals surface area (Å²) in [5.74, 6) is -0.406. The lowest BCUT2D eigenvalue weighted by atomic mass is 10.0. The van der Waals surface area contributed by atoms with Crippen molar-refractivity contribution in [2.45, 2.75) is 77.6 Å². The number of primary amides is 1. The molecule has 0 aliphatic carbocycles. The van der Waals surface area contributed by atoms with Gasteiger partial charge in [-0.05, 0) is 58.0 Å². The molecule has 3 N–H and O–H groups in total. The maximum Gasteiger partial charge on any atom is 0.410 e. The first-order chi connectivity index (χ1) is 14.9. The van der Waals surface area contributed by atoms with Gasteiger partial charge in [-0.1, -0.05) is 13.8 Å². The van der Waals surface area contributed by atoms with E-state index in [1.54, 1.807) is 37.4 Å². The molecule has 0 aromatic rings. The molecule has 9 nitrogen and oxygen atoms in total. The molecule has 0 spiro atoms. The van der Waals surface area contributed by atoms with Gasteiger partial charge in [0.25, 0.3) is 0 Å². The van der Waals surface area contributed by atoms with E-state index in [4.69, 9.17) is 10.5 Å². The van der Waals surface area contributed by atoms with Crippen molar-refractivity contribution in [3.05, 3.63) is 0 Å². The van der Waals surface area contributed by atoms with E-state index >= 15 is 0 Å². The molecule has 182 valence electrons. The van der Waals surface area contributed by atoms with Crippen LogP contribution in [-0.2, 0) is 19.1 Å². The Balaban J connectivity index is 2.18. The third kappa shape index (κ3) is 6.52. The normalized spacial score (nSPS) is 22.7. The Morgan fingerprint density at radius 2 is 1.94 bits per heavy atom. The first kappa shape index (κ1) is 26.3. The zero-order valence-electron chi connectivity index (χ0n) is 20.1. The van der Waals surface area contributed by atoms with Crippen molar-refractivity contribution in [3.63, 3.8) is 0 Å². The van der Waals surface area contributed by atoms with Gasteiger partial charge in [-0.15, -0.1) is 0 Å². The maximum atomic E-state index is 13.4. The predicted molar refractivity (Wildman–Crippen MR) is 124 cm³/mol. The van der Waals surface area contributed by atoms with E-state index in [0.29, 0.717) is 38.1 Å². The van der Waals surface area contributed by atoms with E-state index in [1.165, 1.54) is 4.90 Å². The minimum atomic E-state index is -0.778. The summed E-state index contributed by atoms with van der Waals surface area (Å²) in [6.45, 7) is 10.2. The number of rotatable bonds is 9. The number of nitrogens with one attached hydrogen (secondary N) is 1. The quantitative estimate of drug-likeness (QED) is 0.528. The van der Waals surface area contributed by atoms with Gasteiger partial charge in [0.15, 0.2) is 0 Å². The Hall–Kier alpha value is -1.97. The molecule has 0 aromatic heterocycles. The van der Waals surface area contributed by atoms with E-state index in [9.17, 15) is 19.2 Å². The van der Waals surface area contributed by atoms with Crippen molar-refractivity contribution in [2.75, 3.05) is 25.1 Å². The number of nitrogens with zero attached hydrogens (tertiary/aromatic N) is 2. The molecule has 2 aliphatic rings. The Bertz CT molecular complexity index is 724. The monoisotopic (exact) mass is 470 g/mol. The van der Waals surface area contributed by atoms with Gasteiger partial charge in [0.05, 0.1) is 0 Å². The van der Waals surface area contributed by atoms with Crippen molar-refractivity contribution in [2.24, 2.45) is 17.6 Å². The lowest BCUT2D eigenvalue weighted by Gasteiger charge is -2.32. The summed E-state index contributed by atoms with van der Waals surface area (Å²) in [4.78, 5) is 54.1. The summed E-state index contributed by atoms with van der Waals surface area (Å²) in [5.41, 5.74) is 4.83. The highest BCUT2D eigenvalue weighted by molar-refractivity contribution is 7.98. The number of likely N-dealkylation sites (tertiary alicyclic amines) is 2. The number of carbonyl (C=O) groups is 4. The molecule has 2 fully saturated rings. The summed E-state index contributed by atoms with van der Waals surface area (Å²) >= 11 is 1.56. The van der Waals surface area contributed by atoms with Gasteiger partial charge in [0.1, 0.15) is 23.7 Å². The average Bonchev–Trinajstić information content (AvgIpc) is 3.21. The molecule has 0 bridgehead atoms. The van der Waals surface area contributed by atoms with Gasteiger partial charge in [0, 0.05) is 19.0 Å². The second kappa shape index (κ2) is 10.8. The van der Waals surface area contributed by atoms with Crippen molar-refractivity contribution in [3.8, 4) is 0 Å². The lowest BCUT2D eigenvalue weighted by Crippen LogP contribution is -2.55. The second-order valence-corrected chi connectivity index (χ2v) is 11.0. The Kier molecular flexibility index (Phi) is 8.84. The maximum absolute atomic E-state index is 13.4. The van der Waals surface area contributed by atoms with Gasteiger partial charge in [-0.3, -0.25) is 19.3 Å². The van der Waals surface area contributed by atoms with Crippen LogP contribution in [0.3, 0.4) is 0 Å².